The van der Waals surface area contributed by atoms with Gasteiger partial charge in [0.25, 0.3) is 0 Å². The minimum Gasteiger partial charge on any atom is -0.122 e. The fourth-order valence-corrected chi connectivity index (χ4v) is 2.88. The number of hydrogen-bond donors (Lipinski definition) is 0. The Kier molecular flexibility index (Phi) is 1.11. The van der Waals surface area contributed by atoms with Gasteiger partial charge in [0, 0.05) is 5.38 Å². The van der Waals surface area contributed by atoms with Crippen LogP contribution in [0, 0.1) is 11.3 Å². The molecule has 0 radical (unpaired) electrons. The largest absolute Gasteiger partial charge is 0.122 e. The molecule has 2 aliphatic rings. The molecule has 1 heteroatoms. The van der Waals surface area contributed by atoms with E-state index in [1.807, 2.05) is 0 Å². The fourth-order valence-electron chi connectivity index (χ4n) is 2.27. The predicted molar refractivity (Wildman–Crippen MR) is 39.7 cm³/mol. The second kappa shape index (κ2) is 1.66. The van der Waals surface area contributed by atoms with E-state index in [0.717, 1.165) is 5.92 Å². The average molecular weight is 145 g/mol. The van der Waals surface area contributed by atoms with E-state index < -0.39 is 0 Å². The molecule has 0 aromatic heterocycles. The average Bonchev–Trinajstić information content (AvgIpc) is 2.38. The highest BCUT2D eigenvalue weighted by atomic mass is 35.5. The minimum atomic E-state index is 0.528. The van der Waals surface area contributed by atoms with Gasteiger partial charge < -0.3 is 0 Å². The van der Waals surface area contributed by atoms with Crippen molar-refractivity contribution < 1.29 is 0 Å². The van der Waals surface area contributed by atoms with Crippen molar-refractivity contribution in [1.29, 1.82) is 0 Å². The van der Waals surface area contributed by atoms with Crippen molar-refractivity contribution in [3.8, 4) is 0 Å². The van der Waals surface area contributed by atoms with Crippen LogP contribution in [0.5, 0.6) is 0 Å². The number of hydrogen-bond acceptors (Lipinski definition) is 0. The summed E-state index contributed by atoms with van der Waals surface area (Å²) in [6.07, 6.45) is 5.61. The van der Waals surface area contributed by atoms with Crippen molar-refractivity contribution in [3.05, 3.63) is 0 Å². The number of alkyl halides is 1. The maximum Gasteiger partial charge on any atom is 0.0426 e. The van der Waals surface area contributed by atoms with Gasteiger partial charge in [0.15, 0.2) is 0 Å². The second-order valence-corrected chi connectivity index (χ2v) is 4.23. The quantitative estimate of drug-likeness (QED) is 0.459. The van der Waals surface area contributed by atoms with Crippen LogP contribution in [0.3, 0.4) is 0 Å². The maximum atomic E-state index is 6.10. The summed E-state index contributed by atoms with van der Waals surface area (Å²) in [5.74, 6) is 0.882. The topological polar surface area (TPSA) is 0 Å². The van der Waals surface area contributed by atoms with E-state index >= 15 is 0 Å². The van der Waals surface area contributed by atoms with Crippen molar-refractivity contribution in [2.45, 2.75) is 38.0 Å². The van der Waals surface area contributed by atoms with E-state index in [9.17, 15) is 0 Å². The maximum absolute atomic E-state index is 6.10. The van der Waals surface area contributed by atoms with Crippen LogP contribution in [0.2, 0.25) is 0 Å². The molecule has 0 aromatic rings. The smallest absolute Gasteiger partial charge is 0.0426 e. The summed E-state index contributed by atoms with van der Waals surface area (Å²) in [5.41, 5.74) is 0.569. The molecular weight excluding hydrogens is 132 g/mol. The molecule has 0 aliphatic heterocycles. The van der Waals surface area contributed by atoms with Crippen molar-refractivity contribution in [1.82, 2.24) is 0 Å². The Labute approximate surface area is 61.6 Å². The molecule has 9 heavy (non-hydrogen) atoms. The zero-order valence-electron chi connectivity index (χ0n) is 5.86. The summed E-state index contributed by atoms with van der Waals surface area (Å²) >= 11 is 6.10. The van der Waals surface area contributed by atoms with Crippen LogP contribution >= 0.6 is 11.6 Å². The first-order valence-corrected chi connectivity index (χ1v) is 4.33. The summed E-state index contributed by atoms with van der Waals surface area (Å²) < 4.78 is 0. The third kappa shape index (κ3) is 0.660. The highest BCUT2D eigenvalue weighted by molar-refractivity contribution is 6.23. The molecule has 0 heterocycles. The molecule has 0 nitrogen and oxygen atoms in total. The molecule has 2 saturated carbocycles. The summed E-state index contributed by atoms with van der Waals surface area (Å²) in [6.45, 7) is 2.34. The van der Waals surface area contributed by atoms with Crippen molar-refractivity contribution in [3.63, 3.8) is 0 Å². The van der Waals surface area contributed by atoms with Crippen LogP contribution in [0.15, 0.2) is 0 Å². The van der Waals surface area contributed by atoms with Gasteiger partial charge in [-0.05, 0) is 24.2 Å². The van der Waals surface area contributed by atoms with E-state index in [1.165, 1.54) is 25.7 Å². The lowest BCUT2D eigenvalue weighted by Crippen LogP contribution is -2.04. The summed E-state index contributed by atoms with van der Waals surface area (Å²) in [7, 11) is 0. The SMILES string of the molecule is CC12CCCCC1C2Cl. The second-order valence-electron chi connectivity index (χ2n) is 3.76. The lowest BCUT2D eigenvalue weighted by molar-refractivity contribution is 0.366. The van der Waals surface area contributed by atoms with Crippen LogP contribution in [-0.4, -0.2) is 5.38 Å². The van der Waals surface area contributed by atoms with Gasteiger partial charge in [-0.3, -0.25) is 0 Å². The first-order chi connectivity index (χ1) is 4.25. The van der Waals surface area contributed by atoms with Gasteiger partial charge in [-0.1, -0.05) is 19.8 Å². The van der Waals surface area contributed by atoms with Crippen molar-refractivity contribution in [2.24, 2.45) is 11.3 Å². The highest BCUT2D eigenvalue weighted by Gasteiger charge is 2.60. The van der Waals surface area contributed by atoms with E-state index in [0.29, 0.717) is 10.8 Å². The van der Waals surface area contributed by atoms with Crippen LogP contribution in [-0.2, 0) is 0 Å². The summed E-state index contributed by atoms with van der Waals surface area (Å²) in [4.78, 5) is 0. The molecule has 3 atom stereocenters. The lowest BCUT2D eigenvalue weighted by Gasteiger charge is -2.15. The van der Waals surface area contributed by atoms with E-state index in [1.54, 1.807) is 0 Å². The number of rotatable bonds is 0. The third-order valence-corrected chi connectivity index (χ3v) is 4.00. The Morgan fingerprint density at radius 3 is 2.67 bits per heavy atom. The van der Waals surface area contributed by atoms with E-state index in [-0.39, 0.29) is 0 Å². The van der Waals surface area contributed by atoms with Gasteiger partial charge in [-0.25, -0.2) is 0 Å². The van der Waals surface area contributed by atoms with Gasteiger partial charge in [0.2, 0.25) is 0 Å². The van der Waals surface area contributed by atoms with Crippen LogP contribution in [0.25, 0.3) is 0 Å². The number of halogens is 1. The first kappa shape index (κ1) is 6.03. The molecule has 0 spiro atoms. The monoisotopic (exact) mass is 144 g/mol. The molecule has 52 valence electrons. The van der Waals surface area contributed by atoms with Gasteiger partial charge in [-0.15, -0.1) is 11.6 Å². The molecule has 0 bridgehead atoms. The normalized spacial score (nSPS) is 56.7. The third-order valence-electron chi connectivity index (χ3n) is 3.20. The van der Waals surface area contributed by atoms with E-state index in [4.69, 9.17) is 11.6 Å². The van der Waals surface area contributed by atoms with Crippen molar-refractivity contribution in [2.75, 3.05) is 0 Å². The van der Waals surface area contributed by atoms with Gasteiger partial charge >= 0.3 is 0 Å². The van der Waals surface area contributed by atoms with Crippen molar-refractivity contribution >= 4 is 11.6 Å². The highest BCUT2D eigenvalue weighted by Crippen LogP contribution is 2.63. The Hall–Kier alpha value is 0.290. The first-order valence-electron chi connectivity index (χ1n) is 3.89. The molecule has 2 fully saturated rings. The fraction of sp³-hybridized carbons (Fsp3) is 1.00. The Balaban J connectivity index is 2.10. The summed E-state index contributed by atoms with van der Waals surface area (Å²) in [5, 5.41) is 0.528. The standard InChI is InChI=1S/C8H13Cl/c1-8-5-3-2-4-6(8)7(8)9/h6-7H,2-5H2,1H3. The Bertz CT molecular complexity index is 133. The molecule has 2 rings (SSSR count). The van der Waals surface area contributed by atoms with Gasteiger partial charge in [0.1, 0.15) is 0 Å². The van der Waals surface area contributed by atoms with Gasteiger partial charge in [0.05, 0.1) is 0 Å². The molecule has 3 unspecified atom stereocenters. The Morgan fingerprint density at radius 1 is 1.44 bits per heavy atom. The molecule has 0 saturated heterocycles. The van der Waals surface area contributed by atoms with Crippen LogP contribution in [0.4, 0.5) is 0 Å². The van der Waals surface area contributed by atoms with Gasteiger partial charge in [-0.2, -0.15) is 0 Å². The minimum absolute atomic E-state index is 0.528. The Morgan fingerprint density at radius 2 is 2.22 bits per heavy atom. The molecule has 0 N–H and O–H groups in total. The molecule has 0 aromatic carbocycles. The molecule has 0 amide bonds. The zero-order chi connectivity index (χ0) is 6.48. The van der Waals surface area contributed by atoms with Crippen LogP contribution < -0.4 is 0 Å². The summed E-state index contributed by atoms with van der Waals surface area (Å²) in [6, 6.07) is 0. The zero-order valence-corrected chi connectivity index (χ0v) is 6.62. The number of fused-ring (bicyclic) bond motifs is 1. The molecular formula is C8H13Cl. The van der Waals surface area contributed by atoms with E-state index in [2.05, 4.69) is 6.92 Å². The lowest BCUT2D eigenvalue weighted by atomic mass is 9.90. The predicted octanol–water partition coefficient (Wildman–Crippen LogP) is 2.80. The molecule has 2 aliphatic carbocycles. The van der Waals surface area contributed by atoms with Crippen LogP contribution in [0.1, 0.15) is 32.6 Å².